The van der Waals surface area contributed by atoms with Gasteiger partial charge in [0.1, 0.15) is 16.5 Å². The molecule has 0 bridgehead atoms. The van der Waals surface area contributed by atoms with Gasteiger partial charge in [-0.15, -0.1) is 11.3 Å². The van der Waals surface area contributed by atoms with Crippen LogP contribution in [0.3, 0.4) is 0 Å². The number of non-ortho nitro benzene ring substituents is 1. The summed E-state index contributed by atoms with van der Waals surface area (Å²) < 4.78 is 1.94. The number of nitriles is 1. The van der Waals surface area contributed by atoms with E-state index in [0.29, 0.717) is 11.1 Å². The summed E-state index contributed by atoms with van der Waals surface area (Å²) in [6, 6.07) is 10.5. The number of aryl methyl sites for hydroxylation is 1. The molecule has 0 amide bonds. The summed E-state index contributed by atoms with van der Waals surface area (Å²) in [5, 5.41) is 20.7. The van der Waals surface area contributed by atoms with Crippen LogP contribution < -0.4 is 5.49 Å². The molecule has 0 saturated heterocycles. The van der Waals surface area contributed by atoms with Crippen LogP contribution in [0, 0.1) is 28.4 Å². The Morgan fingerprint density at radius 1 is 1.27 bits per heavy atom. The molecule has 0 N–H and O–H groups in total. The van der Waals surface area contributed by atoms with Gasteiger partial charge in [0.15, 0.2) is 5.49 Å². The molecule has 0 aliphatic rings. The Labute approximate surface area is 154 Å². The first kappa shape index (κ1) is 17.8. The number of nitrogens with zero attached hydrogens (tertiary/aromatic N) is 4. The van der Waals surface area contributed by atoms with E-state index in [0.717, 1.165) is 20.8 Å². The zero-order valence-corrected chi connectivity index (χ0v) is 15.8. The molecular formula is C19H18N4O2S. The molecule has 0 radical (unpaired) electrons. The minimum atomic E-state index is -0.434. The summed E-state index contributed by atoms with van der Waals surface area (Å²) in [6.07, 6.45) is 1.98. The highest BCUT2D eigenvalue weighted by molar-refractivity contribution is 7.17. The predicted octanol–water partition coefficient (Wildman–Crippen LogP) is 4.46. The molecule has 1 aromatic carbocycles. The quantitative estimate of drug-likeness (QED) is 0.496. The Bertz CT molecular complexity index is 1110. The van der Waals surface area contributed by atoms with Crippen molar-refractivity contribution in [2.24, 2.45) is 4.99 Å². The molecule has 2 heterocycles. The van der Waals surface area contributed by atoms with Gasteiger partial charge in [0.25, 0.3) is 5.69 Å². The molecule has 26 heavy (non-hydrogen) atoms. The maximum absolute atomic E-state index is 10.9. The first-order valence-electron chi connectivity index (χ1n) is 8.06. The van der Waals surface area contributed by atoms with Crippen LogP contribution in [-0.2, 0) is 0 Å². The summed E-state index contributed by atoms with van der Waals surface area (Å²) in [6.45, 7) is 7.96. The minimum absolute atomic E-state index is 0.0225. The third kappa shape index (κ3) is 3.37. The van der Waals surface area contributed by atoms with Crippen molar-refractivity contribution < 1.29 is 4.92 Å². The van der Waals surface area contributed by atoms with Crippen LogP contribution in [0.1, 0.15) is 31.2 Å². The van der Waals surface area contributed by atoms with Crippen LogP contribution in [0.5, 0.6) is 0 Å². The number of hydrogen-bond acceptors (Lipinski definition) is 5. The molecular weight excluding hydrogens is 348 g/mol. The standard InChI is InChI=1S/C19H18N4O2S/c1-12-11-22-17(26-12)9-15(13-5-7-14(8-6-13)23(24)25)16(10-20)18(22)21-19(2,3)4/h5-9,11H,1-4H3. The lowest BCUT2D eigenvalue weighted by atomic mass is 10.0. The number of pyridine rings is 1. The highest BCUT2D eigenvalue weighted by Gasteiger charge is 2.16. The lowest BCUT2D eigenvalue weighted by Crippen LogP contribution is -2.25. The molecule has 0 atom stereocenters. The number of hydrogen-bond donors (Lipinski definition) is 0. The monoisotopic (exact) mass is 366 g/mol. The van der Waals surface area contributed by atoms with Gasteiger partial charge < -0.3 is 0 Å². The van der Waals surface area contributed by atoms with Gasteiger partial charge in [-0.2, -0.15) is 5.26 Å². The van der Waals surface area contributed by atoms with Crippen LogP contribution in [0.15, 0.2) is 41.5 Å². The zero-order chi connectivity index (χ0) is 19.1. The van der Waals surface area contributed by atoms with Crippen LogP contribution in [0.2, 0.25) is 0 Å². The van der Waals surface area contributed by atoms with Crippen LogP contribution in [0.25, 0.3) is 16.0 Å². The van der Waals surface area contributed by atoms with Gasteiger partial charge in [0.05, 0.1) is 10.5 Å². The second-order valence-corrected chi connectivity index (χ2v) is 8.27. The van der Waals surface area contributed by atoms with Crippen LogP contribution in [0.4, 0.5) is 5.69 Å². The first-order chi connectivity index (χ1) is 12.2. The Kier molecular flexibility index (Phi) is 4.38. The van der Waals surface area contributed by atoms with E-state index >= 15 is 0 Å². The fourth-order valence-corrected chi connectivity index (χ4v) is 3.62. The summed E-state index contributed by atoms with van der Waals surface area (Å²) in [5.74, 6) is 0. The first-order valence-corrected chi connectivity index (χ1v) is 8.88. The van der Waals surface area contributed by atoms with Crippen molar-refractivity contribution in [1.29, 1.82) is 5.26 Å². The Hall–Kier alpha value is -2.98. The molecule has 0 saturated carbocycles. The van der Waals surface area contributed by atoms with Crippen LogP contribution >= 0.6 is 11.3 Å². The lowest BCUT2D eigenvalue weighted by molar-refractivity contribution is -0.384. The second-order valence-electron chi connectivity index (χ2n) is 7.01. The number of benzene rings is 1. The number of nitro groups is 1. The minimum Gasteiger partial charge on any atom is -0.291 e. The van der Waals surface area contributed by atoms with Gasteiger partial charge in [0, 0.05) is 28.8 Å². The van der Waals surface area contributed by atoms with Gasteiger partial charge in [-0.1, -0.05) is 0 Å². The fourth-order valence-electron chi connectivity index (χ4n) is 2.72. The van der Waals surface area contributed by atoms with Gasteiger partial charge in [-0.05, 0) is 51.5 Å². The highest BCUT2D eigenvalue weighted by atomic mass is 32.1. The molecule has 7 heteroatoms. The maximum atomic E-state index is 10.9. The van der Waals surface area contributed by atoms with Crippen molar-refractivity contribution in [1.82, 2.24) is 4.40 Å². The van der Waals surface area contributed by atoms with Crippen molar-refractivity contribution >= 4 is 21.9 Å². The van der Waals surface area contributed by atoms with Crippen molar-refractivity contribution in [3.05, 3.63) is 62.6 Å². The van der Waals surface area contributed by atoms with E-state index in [-0.39, 0.29) is 11.2 Å². The Morgan fingerprint density at radius 3 is 2.46 bits per heavy atom. The second kappa shape index (κ2) is 6.39. The number of rotatable bonds is 2. The number of aromatic nitrogens is 1. The molecule has 6 nitrogen and oxygen atoms in total. The third-order valence-electron chi connectivity index (χ3n) is 3.75. The Balaban J connectivity index is 2.38. The van der Waals surface area contributed by atoms with Crippen molar-refractivity contribution in [2.45, 2.75) is 33.2 Å². The summed E-state index contributed by atoms with van der Waals surface area (Å²) in [5.41, 5.74) is 2.22. The SMILES string of the molecule is Cc1cn2c(=NC(C)(C)C)c(C#N)c(-c3ccc([N+](=O)[O-])cc3)cc2s1. The van der Waals surface area contributed by atoms with E-state index in [1.807, 2.05) is 44.4 Å². The molecule has 0 unspecified atom stereocenters. The van der Waals surface area contributed by atoms with E-state index in [1.165, 1.54) is 12.1 Å². The lowest BCUT2D eigenvalue weighted by Gasteiger charge is -2.14. The zero-order valence-electron chi connectivity index (χ0n) is 15.0. The largest absolute Gasteiger partial charge is 0.291 e. The van der Waals surface area contributed by atoms with Gasteiger partial charge in [-0.3, -0.25) is 19.5 Å². The van der Waals surface area contributed by atoms with E-state index in [1.54, 1.807) is 23.5 Å². The summed E-state index contributed by atoms with van der Waals surface area (Å²) in [4.78, 5) is 17.3. The molecule has 132 valence electrons. The molecule has 2 aromatic heterocycles. The number of fused-ring (bicyclic) bond motifs is 1. The smallest absolute Gasteiger partial charge is 0.269 e. The van der Waals surface area contributed by atoms with E-state index in [9.17, 15) is 15.4 Å². The van der Waals surface area contributed by atoms with Crippen molar-refractivity contribution in [3.63, 3.8) is 0 Å². The molecule has 0 aliphatic carbocycles. The molecule has 0 aliphatic heterocycles. The topological polar surface area (TPSA) is 83.7 Å². The van der Waals surface area contributed by atoms with Crippen molar-refractivity contribution in [3.8, 4) is 17.2 Å². The molecule has 0 fully saturated rings. The van der Waals surface area contributed by atoms with Crippen molar-refractivity contribution in [2.75, 3.05) is 0 Å². The van der Waals surface area contributed by atoms with Crippen LogP contribution in [-0.4, -0.2) is 14.9 Å². The molecule has 3 aromatic rings. The van der Waals surface area contributed by atoms with Gasteiger partial charge >= 0.3 is 0 Å². The van der Waals surface area contributed by atoms with E-state index in [2.05, 4.69) is 6.07 Å². The average molecular weight is 366 g/mol. The highest BCUT2D eigenvalue weighted by Crippen LogP contribution is 2.28. The maximum Gasteiger partial charge on any atom is 0.269 e. The average Bonchev–Trinajstić information content (AvgIpc) is 2.93. The number of nitro benzene ring substituents is 1. The third-order valence-corrected chi connectivity index (χ3v) is 4.70. The van der Waals surface area contributed by atoms with Gasteiger partial charge in [-0.25, -0.2) is 0 Å². The number of thiazole rings is 1. The van der Waals surface area contributed by atoms with E-state index < -0.39 is 4.92 Å². The normalized spacial score (nSPS) is 12.3. The Morgan fingerprint density at radius 2 is 1.92 bits per heavy atom. The summed E-state index contributed by atoms with van der Waals surface area (Å²) in [7, 11) is 0. The molecule has 3 rings (SSSR count). The predicted molar refractivity (Wildman–Crippen MR) is 102 cm³/mol. The van der Waals surface area contributed by atoms with E-state index in [4.69, 9.17) is 4.99 Å². The molecule has 0 spiro atoms. The van der Waals surface area contributed by atoms with Gasteiger partial charge in [0.2, 0.25) is 0 Å². The fraction of sp³-hybridized carbons (Fsp3) is 0.263. The summed E-state index contributed by atoms with van der Waals surface area (Å²) >= 11 is 1.61.